The van der Waals surface area contributed by atoms with Crippen LogP contribution in [0.25, 0.3) is 0 Å². The van der Waals surface area contributed by atoms with E-state index in [1.165, 1.54) is 42.5 Å². The van der Waals surface area contributed by atoms with Crippen LogP contribution in [0.5, 0.6) is 0 Å². The zero-order chi connectivity index (χ0) is 29.5. The largest absolute Gasteiger partial charge is 0.292 e. The van der Waals surface area contributed by atoms with Gasteiger partial charge in [0.15, 0.2) is 10.1 Å². The molecule has 4 atom stereocenters. The predicted molar refractivity (Wildman–Crippen MR) is 149 cm³/mol. The molecule has 2 aromatic rings. The number of halogens is 7. The Bertz CT molecular complexity index is 1540. The molecule has 208 valence electrons. The average molecular weight is 687 g/mol. The van der Waals surface area contributed by atoms with Crippen LogP contribution in [0.2, 0.25) is 5.02 Å². The first-order valence-corrected chi connectivity index (χ1v) is 13.8. The molecule has 3 aliphatic rings. The second-order valence-electron chi connectivity index (χ2n) is 9.14. The standard InChI is InChI=1S/C24H12Cl7N3O6/c25-13-7-2-1-6-12(13)19(36)32(9-14(35)10-4-3-5-11(8-10)34(39)40)33-20(37)15-16(21(33)38)23(29)18(27)17(26)22(15,28)24(23,30)31/h1-8,15-16H,9H2/t15-,16-,22+,23+/m0/s1. The molecule has 0 aromatic heterocycles. The fourth-order valence-electron chi connectivity index (χ4n) is 5.25. The summed E-state index contributed by atoms with van der Waals surface area (Å²) >= 11 is 45.4. The molecule has 16 heteroatoms. The summed E-state index contributed by atoms with van der Waals surface area (Å²) in [6.07, 6.45) is 0. The molecular weight excluding hydrogens is 674 g/mol. The lowest BCUT2D eigenvalue weighted by Gasteiger charge is -2.36. The van der Waals surface area contributed by atoms with Crippen LogP contribution in [-0.2, 0) is 9.59 Å². The number of carbonyl (C=O) groups excluding carboxylic acids is 4. The Morgan fingerprint density at radius 3 is 1.98 bits per heavy atom. The third-order valence-corrected chi connectivity index (χ3v) is 11.7. The van der Waals surface area contributed by atoms with Gasteiger partial charge in [-0.3, -0.25) is 29.3 Å². The first-order valence-electron chi connectivity index (χ1n) is 11.2. The molecule has 0 radical (unpaired) electrons. The van der Waals surface area contributed by atoms with E-state index in [-0.39, 0.29) is 26.2 Å². The van der Waals surface area contributed by atoms with E-state index in [2.05, 4.69) is 0 Å². The highest BCUT2D eigenvalue weighted by Crippen LogP contribution is 2.77. The third-order valence-electron chi connectivity index (χ3n) is 7.14. The Morgan fingerprint density at radius 1 is 0.900 bits per heavy atom. The molecule has 1 heterocycles. The van der Waals surface area contributed by atoms with Crippen molar-refractivity contribution in [2.75, 3.05) is 6.54 Å². The van der Waals surface area contributed by atoms with E-state index >= 15 is 0 Å². The van der Waals surface area contributed by atoms with Gasteiger partial charge in [0.2, 0.25) is 0 Å². The van der Waals surface area contributed by atoms with Crippen LogP contribution in [0.4, 0.5) is 5.69 Å². The maximum Gasteiger partial charge on any atom is 0.274 e. The van der Waals surface area contributed by atoms with Crippen LogP contribution < -0.4 is 0 Å². The molecule has 1 aliphatic heterocycles. The van der Waals surface area contributed by atoms with Gasteiger partial charge in [0.05, 0.1) is 37.4 Å². The number of hydrogen-bond donors (Lipinski definition) is 0. The second-order valence-corrected chi connectivity index (χ2v) is 12.8. The number of non-ortho nitro benzene ring substituents is 1. The van der Waals surface area contributed by atoms with Crippen LogP contribution in [0, 0.1) is 22.0 Å². The number of carbonyl (C=O) groups is 4. The van der Waals surface area contributed by atoms with Gasteiger partial charge in [-0.15, -0.1) is 23.2 Å². The number of hydrogen-bond acceptors (Lipinski definition) is 6. The van der Waals surface area contributed by atoms with Crippen LogP contribution in [-0.4, -0.2) is 59.1 Å². The summed E-state index contributed by atoms with van der Waals surface area (Å²) in [5, 5.41) is 11.5. The first kappa shape index (κ1) is 29.4. The van der Waals surface area contributed by atoms with E-state index in [9.17, 15) is 29.3 Å². The number of alkyl halides is 4. The van der Waals surface area contributed by atoms with Gasteiger partial charge in [0.25, 0.3) is 23.4 Å². The summed E-state index contributed by atoms with van der Waals surface area (Å²) in [6, 6.07) is 10.4. The maximum absolute atomic E-state index is 13.9. The van der Waals surface area contributed by atoms with Crippen LogP contribution in [0.1, 0.15) is 20.7 Å². The number of benzene rings is 2. The number of imide groups is 1. The van der Waals surface area contributed by atoms with Gasteiger partial charge in [0, 0.05) is 17.7 Å². The second kappa shape index (κ2) is 9.73. The van der Waals surface area contributed by atoms with Crippen LogP contribution in [0.3, 0.4) is 0 Å². The molecule has 2 aromatic carbocycles. The minimum atomic E-state index is -2.21. The van der Waals surface area contributed by atoms with E-state index in [4.69, 9.17) is 81.2 Å². The minimum absolute atomic E-state index is 0.0458. The topological polar surface area (TPSA) is 118 Å². The first-order chi connectivity index (χ1) is 18.6. The van der Waals surface area contributed by atoms with E-state index in [1.54, 1.807) is 0 Å². The number of ketones is 1. The van der Waals surface area contributed by atoms with Crippen molar-refractivity contribution < 1.29 is 24.1 Å². The summed E-state index contributed by atoms with van der Waals surface area (Å²) in [6.45, 7) is -0.908. The Kier molecular flexibility index (Phi) is 7.15. The Hall–Kier alpha value is -2.11. The molecule has 0 unspecified atom stereocenters. The molecule has 1 saturated carbocycles. The van der Waals surface area contributed by atoms with E-state index in [0.29, 0.717) is 10.0 Å². The summed E-state index contributed by atoms with van der Waals surface area (Å²) in [5.41, 5.74) is -0.712. The van der Waals surface area contributed by atoms with E-state index in [1.807, 2.05) is 0 Å². The lowest BCUT2D eigenvalue weighted by molar-refractivity contribution is -0.384. The van der Waals surface area contributed by atoms with Crippen molar-refractivity contribution >= 4 is 110 Å². The number of nitro benzene ring substituents is 1. The number of hydrazine groups is 1. The van der Waals surface area contributed by atoms with Crippen molar-refractivity contribution in [1.29, 1.82) is 0 Å². The van der Waals surface area contributed by atoms with Crippen molar-refractivity contribution in [2.45, 2.75) is 14.1 Å². The number of rotatable bonds is 6. The molecule has 1 saturated heterocycles. The summed E-state index contributed by atoms with van der Waals surface area (Å²) < 4.78 is -2.21. The third kappa shape index (κ3) is 3.68. The monoisotopic (exact) mass is 683 g/mol. The number of amides is 3. The van der Waals surface area contributed by atoms with Gasteiger partial charge in [-0.25, -0.2) is 5.01 Å². The Balaban J connectivity index is 1.61. The fourth-order valence-corrected chi connectivity index (χ4v) is 8.39. The Labute approximate surface area is 260 Å². The van der Waals surface area contributed by atoms with Gasteiger partial charge >= 0.3 is 0 Å². The highest BCUT2D eigenvalue weighted by Gasteiger charge is 2.88. The molecule has 3 amide bonds. The number of nitro groups is 1. The SMILES string of the molecule is O=C(CN(C(=O)c1ccccc1Cl)N1C(=O)[C@@H]2[C@@H](C1=O)[C@@]1(Cl)C(Cl)=C(Cl)[C@@]2(Cl)C1(Cl)Cl)c1cccc([N+](=O)[O-])c1. The van der Waals surface area contributed by atoms with E-state index in [0.717, 1.165) is 6.07 Å². The van der Waals surface area contributed by atoms with Gasteiger partial charge in [-0.05, 0) is 12.1 Å². The molecule has 40 heavy (non-hydrogen) atoms. The molecule has 0 N–H and O–H groups in total. The maximum atomic E-state index is 13.9. The fraction of sp³-hybridized carbons (Fsp3) is 0.250. The number of nitrogens with zero attached hydrogens (tertiary/aromatic N) is 3. The zero-order valence-corrected chi connectivity index (χ0v) is 24.7. The smallest absolute Gasteiger partial charge is 0.274 e. The zero-order valence-electron chi connectivity index (χ0n) is 19.4. The molecule has 2 aliphatic carbocycles. The van der Waals surface area contributed by atoms with Crippen molar-refractivity contribution in [3.8, 4) is 0 Å². The summed E-state index contributed by atoms with van der Waals surface area (Å²) in [7, 11) is 0. The lowest BCUT2D eigenvalue weighted by atomic mass is 9.84. The number of fused-ring (bicyclic) bond motifs is 5. The van der Waals surface area contributed by atoms with Crippen molar-refractivity contribution in [2.24, 2.45) is 11.8 Å². The minimum Gasteiger partial charge on any atom is -0.292 e. The van der Waals surface area contributed by atoms with Gasteiger partial charge < -0.3 is 0 Å². The molecule has 0 spiro atoms. The lowest BCUT2D eigenvalue weighted by Crippen LogP contribution is -2.56. The number of allylic oxidation sites excluding steroid dienone is 2. The van der Waals surface area contributed by atoms with Crippen molar-refractivity contribution in [3.63, 3.8) is 0 Å². The van der Waals surface area contributed by atoms with Crippen molar-refractivity contribution in [1.82, 2.24) is 10.0 Å². The number of Topliss-reactive ketones (excluding diaryl/α,β-unsaturated/α-hetero) is 1. The predicted octanol–water partition coefficient (Wildman–Crippen LogP) is 5.94. The highest BCUT2D eigenvalue weighted by molar-refractivity contribution is 6.66. The highest BCUT2D eigenvalue weighted by atomic mass is 35.5. The van der Waals surface area contributed by atoms with Gasteiger partial charge in [-0.2, -0.15) is 5.01 Å². The Morgan fingerprint density at radius 2 is 1.45 bits per heavy atom. The van der Waals surface area contributed by atoms with Crippen LogP contribution in [0.15, 0.2) is 58.6 Å². The normalized spacial score (nSPS) is 28.2. The van der Waals surface area contributed by atoms with Crippen LogP contribution >= 0.6 is 81.2 Å². The average Bonchev–Trinajstić information content (AvgIpc) is 3.30. The molecule has 2 fully saturated rings. The molecule has 5 rings (SSSR count). The summed E-state index contributed by atoms with van der Waals surface area (Å²) in [5.74, 6) is -7.15. The molecular formula is C24H12Cl7N3O6. The quantitative estimate of drug-likeness (QED) is 0.122. The van der Waals surface area contributed by atoms with E-state index < -0.39 is 66.6 Å². The molecule has 9 nitrogen and oxygen atoms in total. The summed E-state index contributed by atoms with van der Waals surface area (Å²) in [4.78, 5) is 61.0. The van der Waals surface area contributed by atoms with Gasteiger partial charge in [0.1, 0.15) is 16.3 Å². The van der Waals surface area contributed by atoms with Gasteiger partial charge in [-0.1, -0.05) is 82.3 Å². The molecule has 2 bridgehead atoms. The van der Waals surface area contributed by atoms with Crippen molar-refractivity contribution in [3.05, 3.63) is 84.9 Å².